The Morgan fingerprint density at radius 2 is 1.95 bits per heavy atom. The van der Waals surface area contributed by atoms with Crippen LogP contribution in [0.15, 0.2) is 47.5 Å². The fourth-order valence-electron chi connectivity index (χ4n) is 1.99. The first-order valence-corrected chi connectivity index (χ1v) is 7.85. The number of hydrogen-bond acceptors (Lipinski definition) is 4. The third kappa shape index (κ3) is 3.34. The first-order valence-electron chi connectivity index (χ1n) is 6.31. The molecule has 106 valence electrons. The smallest absolute Gasteiger partial charge is 0.240 e. The summed E-state index contributed by atoms with van der Waals surface area (Å²) in [5.74, 6) is 0. The number of pyridine rings is 1. The molecular formula is C14H17N3O2S. The maximum Gasteiger partial charge on any atom is 0.240 e. The van der Waals surface area contributed by atoms with Gasteiger partial charge in [0.1, 0.15) is 4.90 Å². The number of nitrogens with zero attached hydrogens (tertiary/aromatic N) is 1. The number of primary sulfonamides is 1. The Balaban J connectivity index is 2.24. The average molecular weight is 291 g/mol. The van der Waals surface area contributed by atoms with E-state index in [4.69, 9.17) is 5.14 Å². The molecule has 0 spiro atoms. The third-order valence-electron chi connectivity index (χ3n) is 3.01. The van der Waals surface area contributed by atoms with Gasteiger partial charge in [0.05, 0.1) is 17.9 Å². The molecule has 3 N–H and O–H groups in total. The van der Waals surface area contributed by atoms with Crippen LogP contribution >= 0.6 is 0 Å². The standard InChI is InChI=1S/C14H17N3O2S/c1-2-11-6-5-9-16-13(11)10-17-12-7-3-4-8-14(12)20(15,18)19/h3-9,17H,2,10H2,1H3,(H2,15,18,19). The predicted molar refractivity (Wildman–Crippen MR) is 78.8 cm³/mol. The normalized spacial score (nSPS) is 11.3. The minimum atomic E-state index is -3.74. The van der Waals surface area contributed by atoms with Crippen LogP contribution in [0.1, 0.15) is 18.2 Å². The van der Waals surface area contributed by atoms with Crippen molar-refractivity contribution in [3.63, 3.8) is 0 Å². The van der Waals surface area contributed by atoms with Crippen LogP contribution in [0.5, 0.6) is 0 Å². The van der Waals surface area contributed by atoms with E-state index in [0.717, 1.165) is 17.7 Å². The molecule has 0 amide bonds. The number of hydrogen-bond donors (Lipinski definition) is 2. The van der Waals surface area contributed by atoms with Crippen molar-refractivity contribution in [2.45, 2.75) is 24.8 Å². The van der Waals surface area contributed by atoms with Crippen LogP contribution in [-0.4, -0.2) is 13.4 Å². The number of nitrogens with one attached hydrogen (secondary N) is 1. The molecule has 0 saturated carbocycles. The van der Waals surface area contributed by atoms with Crippen LogP contribution < -0.4 is 10.5 Å². The zero-order valence-corrected chi connectivity index (χ0v) is 12.0. The number of benzene rings is 1. The molecular weight excluding hydrogens is 274 g/mol. The lowest BCUT2D eigenvalue weighted by Gasteiger charge is -2.12. The van der Waals surface area contributed by atoms with Gasteiger partial charge in [-0.25, -0.2) is 13.6 Å². The minimum absolute atomic E-state index is 0.0916. The van der Waals surface area contributed by atoms with Crippen molar-refractivity contribution < 1.29 is 8.42 Å². The Morgan fingerprint density at radius 3 is 2.65 bits per heavy atom. The Bertz CT molecular complexity index is 699. The molecule has 0 saturated heterocycles. The molecule has 0 aliphatic rings. The van der Waals surface area contributed by atoms with E-state index in [0.29, 0.717) is 12.2 Å². The van der Waals surface area contributed by atoms with Crippen LogP contribution in [0.2, 0.25) is 0 Å². The molecule has 6 heteroatoms. The minimum Gasteiger partial charge on any atom is -0.378 e. The molecule has 0 atom stereocenters. The van der Waals surface area contributed by atoms with Crippen molar-refractivity contribution in [2.75, 3.05) is 5.32 Å². The topological polar surface area (TPSA) is 85.1 Å². The number of para-hydroxylation sites is 1. The number of sulfonamides is 1. The lowest BCUT2D eigenvalue weighted by Crippen LogP contribution is -2.15. The number of anilines is 1. The Kier molecular flexibility index (Phi) is 4.36. The maximum absolute atomic E-state index is 11.5. The highest BCUT2D eigenvalue weighted by molar-refractivity contribution is 7.89. The Labute approximate surface area is 118 Å². The summed E-state index contributed by atoms with van der Waals surface area (Å²) in [5, 5.41) is 8.29. The SMILES string of the molecule is CCc1cccnc1CNc1ccccc1S(N)(=O)=O. The summed E-state index contributed by atoms with van der Waals surface area (Å²) in [4.78, 5) is 4.40. The first-order chi connectivity index (χ1) is 9.52. The van der Waals surface area contributed by atoms with Crippen molar-refractivity contribution >= 4 is 15.7 Å². The van der Waals surface area contributed by atoms with Gasteiger partial charge in [-0.1, -0.05) is 25.1 Å². The summed E-state index contributed by atoms with van der Waals surface area (Å²) in [6, 6.07) is 10.5. The Morgan fingerprint density at radius 1 is 1.20 bits per heavy atom. The van der Waals surface area contributed by atoms with Crippen molar-refractivity contribution in [1.82, 2.24) is 4.98 Å². The molecule has 0 aliphatic heterocycles. The van der Waals surface area contributed by atoms with E-state index in [1.54, 1.807) is 24.4 Å². The van der Waals surface area contributed by atoms with Gasteiger partial charge in [0.15, 0.2) is 0 Å². The zero-order valence-electron chi connectivity index (χ0n) is 11.2. The quantitative estimate of drug-likeness (QED) is 0.881. The van der Waals surface area contributed by atoms with E-state index < -0.39 is 10.0 Å². The van der Waals surface area contributed by atoms with Crippen molar-refractivity contribution in [1.29, 1.82) is 0 Å². The van der Waals surface area contributed by atoms with Crippen LogP contribution in [-0.2, 0) is 23.0 Å². The molecule has 2 aromatic rings. The molecule has 1 aromatic carbocycles. The van der Waals surface area contributed by atoms with E-state index in [1.807, 2.05) is 12.1 Å². The number of rotatable bonds is 5. The van der Waals surface area contributed by atoms with E-state index in [9.17, 15) is 8.42 Å². The summed E-state index contributed by atoms with van der Waals surface area (Å²) in [5.41, 5.74) is 2.52. The molecule has 0 bridgehead atoms. The summed E-state index contributed by atoms with van der Waals surface area (Å²) in [7, 11) is -3.74. The summed E-state index contributed by atoms with van der Waals surface area (Å²) < 4.78 is 23.0. The molecule has 5 nitrogen and oxygen atoms in total. The Hall–Kier alpha value is -1.92. The molecule has 0 aliphatic carbocycles. The molecule has 1 aromatic heterocycles. The second-order valence-corrected chi connectivity index (χ2v) is 5.89. The summed E-state index contributed by atoms with van der Waals surface area (Å²) in [6.45, 7) is 2.51. The van der Waals surface area contributed by atoms with Gasteiger partial charge >= 0.3 is 0 Å². The van der Waals surface area contributed by atoms with Gasteiger partial charge in [0.2, 0.25) is 10.0 Å². The predicted octanol–water partition coefficient (Wildman–Crippen LogP) is 1.90. The molecule has 0 fully saturated rings. The second kappa shape index (κ2) is 6.02. The van der Waals surface area contributed by atoms with Gasteiger partial charge in [0.25, 0.3) is 0 Å². The first kappa shape index (κ1) is 14.5. The lowest BCUT2D eigenvalue weighted by molar-refractivity contribution is 0.598. The largest absolute Gasteiger partial charge is 0.378 e. The van der Waals surface area contributed by atoms with Crippen LogP contribution in [0, 0.1) is 0 Å². The van der Waals surface area contributed by atoms with Crippen molar-refractivity contribution in [2.24, 2.45) is 5.14 Å². The van der Waals surface area contributed by atoms with E-state index in [2.05, 4.69) is 17.2 Å². The maximum atomic E-state index is 11.5. The van der Waals surface area contributed by atoms with Crippen molar-refractivity contribution in [3.8, 4) is 0 Å². The summed E-state index contributed by atoms with van der Waals surface area (Å²) in [6.07, 6.45) is 2.60. The fourth-order valence-corrected chi connectivity index (χ4v) is 2.71. The monoisotopic (exact) mass is 291 g/mol. The summed E-state index contributed by atoms with van der Waals surface area (Å²) >= 11 is 0. The number of aromatic nitrogens is 1. The van der Waals surface area contributed by atoms with E-state index in [1.165, 1.54) is 6.07 Å². The average Bonchev–Trinajstić information content (AvgIpc) is 2.44. The van der Waals surface area contributed by atoms with Gasteiger partial charge in [-0.3, -0.25) is 4.98 Å². The number of aryl methyl sites for hydroxylation is 1. The van der Waals surface area contributed by atoms with Gasteiger partial charge in [-0.2, -0.15) is 0 Å². The van der Waals surface area contributed by atoms with Crippen molar-refractivity contribution in [3.05, 3.63) is 53.9 Å². The zero-order chi connectivity index (χ0) is 14.6. The lowest BCUT2D eigenvalue weighted by atomic mass is 10.1. The molecule has 0 unspecified atom stereocenters. The highest BCUT2D eigenvalue weighted by atomic mass is 32.2. The van der Waals surface area contributed by atoms with Crippen LogP contribution in [0.3, 0.4) is 0 Å². The van der Waals surface area contributed by atoms with Gasteiger partial charge in [0, 0.05) is 6.20 Å². The van der Waals surface area contributed by atoms with Gasteiger partial charge in [-0.15, -0.1) is 0 Å². The highest BCUT2D eigenvalue weighted by Gasteiger charge is 2.13. The van der Waals surface area contributed by atoms with E-state index >= 15 is 0 Å². The highest BCUT2D eigenvalue weighted by Crippen LogP contribution is 2.20. The molecule has 0 radical (unpaired) electrons. The molecule has 20 heavy (non-hydrogen) atoms. The molecule has 1 heterocycles. The van der Waals surface area contributed by atoms with Crippen LogP contribution in [0.4, 0.5) is 5.69 Å². The number of nitrogens with two attached hydrogens (primary N) is 1. The van der Waals surface area contributed by atoms with Gasteiger partial charge < -0.3 is 5.32 Å². The van der Waals surface area contributed by atoms with Crippen LogP contribution in [0.25, 0.3) is 0 Å². The fraction of sp³-hybridized carbons (Fsp3) is 0.214. The van der Waals surface area contributed by atoms with Gasteiger partial charge in [-0.05, 0) is 30.2 Å². The third-order valence-corrected chi connectivity index (χ3v) is 3.97. The second-order valence-electron chi connectivity index (χ2n) is 4.36. The van der Waals surface area contributed by atoms with E-state index in [-0.39, 0.29) is 4.90 Å². The molecule has 2 rings (SSSR count).